The summed E-state index contributed by atoms with van der Waals surface area (Å²) in [6.45, 7) is 1.56. The summed E-state index contributed by atoms with van der Waals surface area (Å²) >= 11 is 1.41. The van der Waals surface area contributed by atoms with Gasteiger partial charge in [0.1, 0.15) is 29.2 Å². The summed E-state index contributed by atoms with van der Waals surface area (Å²) in [6, 6.07) is 13.7. The lowest BCUT2D eigenvalue weighted by Crippen LogP contribution is -2.39. The fraction of sp³-hybridized carbons (Fsp3) is 0.217. The van der Waals surface area contributed by atoms with Gasteiger partial charge in [0.15, 0.2) is 11.5 Å². The minimum Gasteiger partial charge on any atom is -0.486 e. The molecule has 0 unspecified atom stereocenters. The van der Waals surface area contributed by atoms with Crippen LogP contribution in [0.2, 0.25) is 0 Å². The maximum Gasteiger partial charge on any atom is 0.260 e. The number of hydrogen-bond acceptors (Lipinski definition) is 6. The van der Waals surface area contributed by atoms with Crippen molar-refractivity contribution >= 4 is 21.6 Å². The van der Waals surface area contributed by atoms with Crippen molar-refractivity contribution in [3.63, 3.8) is 0 Å². The molecule has 0 bridgehead atoms. The number of fused-ring (bicyclic) bond motifs is 2. The average molecular weight is 437 g/mol. The molecule has 0 radical (unpaired) electrons. The van der Waals surface area contributed by atoms with Crippen molar-refractivity contribution in [3.8, 4) is 22.6 Å². The number of nitrogens with zero attached hydrogens (tertiary/aromatic N) is 2. The summed E-state index contributed by atoms with van der Waals surface area (Å²) < 4.78 is 25.0. The lowest BCUT2D eigenvalue weighted by atomic mass is 10.1. The Bertz CT molecular complexity index is 1290. The normalized spacial score (nSPS) is 15.5. The molecule has 158 valence electrons. The van der Waals surface area contributed by atoms with Crippen LogP contribution in [-0.2, 0) is 6.54 Å². The van der Waals surface area contributed by atoms with Gasteiger partial charge in [-0.25, -0.2) is 9.37 Å². The highest BCUT2D eigenvalue weighted by Gasteiger charge is 2.22. The molecule has 3 heterocycles. The lowest BCUT2D eigenvalue weighted by Gasteiger charge is -2.29. The maximum atomic E-state index is 13.2. The van der Waals surface area contributed by atoms with Crippen LogP contribution in [0.15, 0.2) is 58.7 Å². The number of ether oxygens (including phenoxy) is 2. The number of nitrogens with one attached hydrogen (secondary N) is 1. The van der Waals surface area contributed by atoms with Gasteiger partial charge in [-0.2, -0.15) is 0 Å². The number of halogens is 1. The van der Waals surface area contributed by atoms with E-state index in [-0.39, 0.29) is 17.5 Å². The van der Waals surface area contributed by atoms with Crippen LogP contribution in [0.5, 0.6) is 11.5 Å². The zero-order valence-corrected chi connectivity index (χ0v) is 17.6. The number of rotatable bonds is 5. The summed E-state index contributed by atoms with van der Waals surface area (Å²) in [4.78, 5) is 23.0. The van der Waals surface area contributed by atoms with Gasteiger partial charge in [0, 0.05) is 17.5 Å². The van der Waals surface area contributed by atoms with Gasteiger partial charge < -0.3 is 14.5 Å². The minimum absolute atomic E-state index is 0.109. The van der Waals surface area contributed by atoms with Crippen LogP contribution in [0, 0.1) is 5.82 Å². The molecule has 0 amide bonds. The second-order valence-corrected chi connectivity index (χ2v) is 8.40. The summed E-state index contributed by atoms with van der Waals surface area (Å²) in [7, 11) is 1.95. The molecule has 0 spiro atoms. The van der Waals surface area contributed by atoms with Crippen LogP contribution in [0.25, 0.3) is 21.3 Å². The number of H-pyrrole nitrogens is 1. The molecule has 1 aliphatic rings. The molecule has 2 aromatic heterocycles. The minimum atomic E-state index is -0.309. The Hall–Kier alpha value is -3.23. The average Bonchev–Trinajstić information content (AvgIpc) is 3.18. The molecule has 0 fully saturated rings. The van der Waals surface area contributed by atoms with E-state index >= 15 is 0 Å². The Morgan fingerprint density at radius 1 is 1.19 bits per heavy atom. The third-order valence-corrected chi connectivity index (χ3v) is 6.02. The zero-order chi connectivity index (χ0) is 21.4. The fourth-order valence-corrected chi connectivity index (χ4v) is 4.70. The quantitative estimate of drug-likeness (QED) is 0.510. The molecule has 5 rings (SSSR count). The largest absolute Gasteiger partial charge is 0.486 e. The van der Waals surface area contributed by atoms with E-state index in [4.69, 9.17) is 9.47 Å². The third kappa shape index (κ3) is 4.04. The highest BCUT2D eigenvalue weighted by atomic mass is 32.1. The van der Waals surface area contributed by atoms with E-state index < -0.39 is 0 Å². The van der Waals surface area contributed by atoms with Crippen LogP contribution in [0.1, 0.15) is 5.82 Å². The van der Waals surface area contributed by atoms with Crippen molar-refractivity contribution < 1.29 is 13.9 Å². The molecule has 2 aromatic carbocycles. The first-order chi connectivity index (χ1) is 15.1. The SMILES string of the molecule is CN(Cc1nc2scc(-c3ccc(F)cc3)c2c(=O)[nH]1)C[C@H]1COc2ccccc2O1. The van der Waals surface area contributed by atoms with Gasteiger partial charge in [0.25, 0.3) is 5.56 Å². The van der Waals surface area contributed by atoms with Gasteiger partial charge in [-0.15, -0.1) is 11.3 Å². The van der Waals surface area contributed by atoms with Gasteiger partial charge in [0.05, 0.1) is 11.9 Å². The summed E-state index contributed by atoms with van der Waals surface area (Å²) in [5.74, 6) is 1.78. The Morgan fingerprint density at radius 2 is 1.97 bits per heavy atom. The number of aromatic amines is 1. The lowest BCUT2D eigenvalue weighted by molar-refractivity contribution is 0.0632. The van der Waals surface area contributed by atoms with Crippen LogP contribution in [0.3, 0.4) is 0 Å². The molecule has 0 saturated carbocycles. The zero-order valence-electron chi connectivity index (χ0n) is 16.8. The summed E-state index contributed by atoms with van der Waals surface area (Å²) in [6.07, 6.45) is -0.109. The Labute approximate surface area is 181 Å². The van der Waals surface area contributed by atoms with E-state index in [0.29, 0.717) is 35.7 Å². The Balaban J connectivity index is 1.32. The number of thiophene rings is 1. The molecule has 1 N–H and O–H groups in total. The first-order valence-electron chi connectivity index (χ1n) is 9.90. The standard InChI is InChI=1S/C23H20FN3O3S/c1-27(10-16-12-29-18-4-2-3-5-19(18)30-16)11-20-25-22(28)21-17(13-31-23(21)26-20)14-6-8-15(24)9-7-14/h2-9,13,16H,10-12H2,1H3,(H,25,26,28)/t16-/m0/s1. The maximum absolute atomic E-state index is 13.2. The molecule has 8 heteroatoms. The summed E-state index contributed by atoms with van der Waals surface area (Å²) in [5, 5.41) is 2.42. The van der Waals surface area contributed by atoms with Gasteiger partial charge in [0.2, 0.25) is 0 Å². The summed E-state index contributed by atoms with van der Waals surface area (Å²) in [5.41, 5.74) is 1.36. The second kappa shape index (κ2) is 8.13. The van der Waals surface area contributed by atoms with Crippen LogP contribution in [-0.4, -0.2) is 41.2 Å². The Kier molecular flexibility index (Phi) is 5.17. The van der Waals surface area contributed by atoms with Crippen LogP contribution in [0.4, 0.5) is 4.39 Å². The molecular weight excluding hydrogens is 417 g/mol. The Morgan fingerprint density at radius 3 is 2.77 bits per heavy atom. The van der Waals surface area contributed by atoms with E-state index in [9.17, 15) is 9.18 Å². The molecule has 1 atom stereocenters. The van der Waals surface area contributed by atoms with Crippen molar-refractivity contribution in [3.05, 3.63) is 75.9 Å². The van der Waals surface area contributed by atoms with E-state index in [1.54, 1.807) is 12.1 Å². The predicted octanol–water partition coefficient (Wildman–Crippen LogP) is 4.06. The molecular formula is C23H20FN3O3S. The van der Waals surface area contributed by atoms with Gasteiger partial charge in [-0.05, 0) is 36.9 Å². The van der Waals surface area contributed by atoms with Gasteiger partial charge >= 0.3 is 0 Å². The first kappa shape index (κ1) is 19.7. The van der Waals surface area contributed by atoms with Crippen LogP contribution < -0.4 is 15.0 Å². The monoisotopic (exact) mass is 437 g/mol. The van der Waals surface area contributed by atoms with Crippen molar-refractivity contribution in [1.29, 1.82) is 0 Å². The number of aromatic nitrogens is 2. The van der Waals surface area contributed by atoms with E-state index in [0.717, 1.165) is 22.6 Å². The van der Waals surface area contributed by atoms with E-state index in [2.05, 4.69) is 9.97 Å². The van der Waals surface area contributed by atoms with E-state index in [1.165, 1.54) is 23.5 Å². The highest BCUT2D eigenvalue weighted by Crippen LogP contribution is 2.32. The van der Waals surface area contributed by atoms with Gasteiger partial charge in [-0.1, -0.05) is 24.3 Å². The molecule has 31 heavy (non-hydrogen) atoms. The molecule has 4 aromatic rings. The number of para-hydroxylation sites is 2. The van der Waals surface area contributed by atoms with Gasteiger partial charge in [-0.3, -0.25) is 9.69 Å². The van der Waals surface area contributed by atoms with Crippen molar-refractivity contribution in [2.75, 3.05) is 20.2 Å². The molecule has 1 aliphatic heterocycles. The topological polar surface area (TPSA) is 67.5 Å². The fourth-order valence-electron chi connectivity index (χ4n) is 3.73. The molecule has 6 nitrogen and oxygen atoms in total. The van der Waals surface area contributed by atoms with Crippen molar-refractivity contribution in [1.82, 2.24) is 14.9 Å². The van der Waals surface area contributed by atoms with E-state index in [1.807, 2.05) is 41.6 Å². The first-order valence-corrected chi connectivity index (χ1v) is 10.8. The molecule has 0 aliphatic carbocycles. The van der Waals surface area contributed by atoms with Crippen LogP contribution >= 0.6 is 11.3 Å². The highest BCUT2D eigenvalue weighted by molar-refractivity contribution is 7.17. The smallest absolute Gasteiger partial charge is 0.260 e. The number of benzene rings is 2. The van der Waals surface area contributed by atoms with Crippen molar-refractivity contribution in [2.45, 2.75) is 12.6 Å². The number of likely N-dealkylation sites (N-methyl/N-ethyl adjacent to an activating group) is 1. The second-order valence-electron chi connectivity index (χ2n) is 7.54. The van der Waals surface area contributed by atoms with Crippen molar-refractivity contribution in [2.24, 2.45) is 0 Å². The predicted molar refractivity (Wildman–Crippen MR) is 118 cm³/mol. The molecule has 0 saturated heterocycles. The number of hydrogen-bond donors (Lipinski definition) is 1. The third-order valence-electron chi connectivity index (χ3n) is 5.15.